The monoisotopic (exact) mass is 344 g/mol. The third-order valence-corrected chi connectivity index (χ3v) is 4.31. The smallest absolute Gasteiger partial charge is 0.254 e. The molecule has 124 valence electrons. The Kier molecular flexibility index (Phi) is 5.19. The van der Waals surface area contributed by atoms with E-state index in [1.807, 2.05) is 12.1 Å². The number of hydrogen-bond acceptors (Lipinski definition) is 4. The molecule has 0 N–H and O–H groups in total. The van der Waals surface area contributed by atoms with Crippen LogP contribution in [0.4, 0.5) is 0 Å². The molecule has 1 fully saturated rings. The predicted molar refractivity (Wildman–Crippen MR) is 88.6 cm³/mol. The Morgan fingerprint density at radius 3 is 2.92 bits per heavy atom. The Hall–Kier alpha value is -2.29. The summed E-state index contributed by atoms with van der Waals surface area (Å²) in [5.74, 6) is 0.550. The molecule has 5 nitrogen and oxygen atoms in total. The summed E-state index contributed by atoms with van der Waals surface area (Å²) >= 11 is 6.05. The maximum atomic E-state index is 12.9. The maximum absolute atomic E-state index is 12.9. The molecule has 2 aromatic rings. The quantitative estimate of drug-likeness (QED) is 0.830. The van der Waals surface area contributed by atoms with Crippen molar-refractivity contribution in [1.29, 1.82) is 5.26 Å². The highest BCUT2D eigenvalue weighted by molar-refractivity contribution is 6.32. The van der Waals surface area contributed by atoms with Crippen LogP contribution in [0.2, 0.25) is 5.02 Å². The van der Waals surface area contributed by atoms with E-state index in [1.54, 1.807) is 29.4 Å². The van der Waals surface area contributed by atoms with Crippen LogP contribution in [0, 0.1) is 11.3 Å². The summed E-state index contributed by atoms with van der Waals surface area (Å²) in [5, 5.41) is 9.24. The van der Waals surface area contributed by atoms with Crippen LogP contribution < -0.4 is 0 Å². The van der Waals surface area contributed by atoms with Gasteiger partial charge in [-0.25, -0.2) is 0 Å². The molecule has 0 unspecified atom stereocenters. The van der Waals surface area contributed by atoms with Gasteiger partial charge in [-0.15, -0.1) is 0 Å². The fraction of sp³-hybridized carbons (Fsp3) is 0.333. The molecule has 0 saturated carbocycles. The number of furan rings is 1. The highest BCUT2D eigenvalue weighted by atomic mass is 35.5. The summed E-state index contributed by atoms with van der Waals surface area (Å²) in [5.41, 5.74) is 0.800. The van der Waals surface area contributed by atoms with Crippen molar-refractivity contribution in [2.45, 2.75) is 25.5 Å². The number of carbonyl (C=O) groups is 1. The van der Waals surface area contributed by atoms with Gasteiger partial charge in [0.15, 0.2) is 0 Å². The lowest BCUT2D eigenvalue weighted by molar-refractivity contribution is 0.0491. The van der Waals surface area contributed by atoms with Gasteiger partial charge in [0.2, 0.25) is 0 Å². The molecule has 1 aromatic heterocycles. The van der Waals surface area contributed by atoms with E-state index in [0.717, 1.165) is 19.4 Å². The topological polar surface area (TPSA) is 66.5 Å². The third kappa shape index (κ3) is 3.78. The molecule has 1 aliphatic heterocycles. The van der Waals surface area contributed by atoms with Gasteiger partial charge in [-0.2, -0.15) is 5.26 Å². The fourth-order valence-corrected chi connectivity index (χ4v) is 2.99. The van der Waals surface area contributed by atoms with Gasteiger partial charge in [-0.05, 0) is 43.2 Å². The summed E-state index contributed by atoms with van der Waals surface area (Å²) < 4.78 is 11.0. The van der Waals surface area contributed by atoms with Crippen molar-refractivity contribution in [1.82, 2.24) is 4.90 Å². The highest BCUT2D eigenvalue weighted by Gasteiger charge is 2.24. The van der Waals surface area contributed by atoms with E-state index in [9.17, 15) is 4.79 Å². The van der Waals surface area contributed by atoms with Crippen molar-refractivity contribution in [3.8, 4) is 6.07 Å². The Balaban J connectivity index is 1.81. The van der Waals surface area contributed by atoms with Crippen LogP contribution in [-0.4, -0.2) is 30.1 Å². The normalized spacial score (nSPS) is 16.8. The first-order chi connectivity index (χ1) is 11.7. The maximum Gasteiger partial charge on any atom is 0.254 e. The summed E-state index contributed by atoms with van der Waals surface area (Å²) in [6.07, 6.45) is 3.58. The van der Waals surface area contributed by atoms with Gasteiger partial charge in [-0.3, -0.25) is 4.79 Å². The Morgan fingerprint density at radius 2 is 2.29 bits per heavy atom. The van der Waals surface area contributed by atoms with Crippen molar-refractivity contribution in [2.24, 2.45) is 0 Å². The van der Waals surface area contributed by atoms with Crippen LogP contribution >= 0.6 is 11.6 Å². The predicted octanol–water partition coefficient (Wildman–Crippen LogP) is 3.63. The van der Waals surface area contributed by atoms with Crippen molar-refractivity contribution in [3.05, 3.63) is 58.5 Å². The van der Waals surface area contributed by atoms with Crippen LogP contribution in [0.5, 0.6) is 0 Å². The number of hydrogen-bond donors (Lipinski definition) is 0. The average Bonchev–Trinajstić information content (AvgIpc) is 3.27. The minimum absolute atomic E-state index is 0.0396. The average molecular weight is 345 g/mol. The minimum atomic E-state index is -0.159. The number of rotatable bonds is 5. The fourth-order valence-electron chi connectivity index (χ4n) is 2.77. The molecular weight excluding hydrogens is 328 g/mol. The second-order valence-corrected chi connectivity index (χ2v) is 6.11. The molecule has 0 aliphatic carbocycles. The van der Waals surface area contributed by atoms with E-state index >= 15 is 0 Å². The highest BCUT2D eigenvalue weighted by Crippen LogP contribution is 2.21. The number of halogens is 1. The van der Waals surface area contributed by atoms with Gasteiger partial charge in [0, 0.05) is 18.7 Å². The number of carbonyl (C=O) groups excluding carboxylic acids is 1. The second-order valence-electron chi connectivity index (χ2n) is 5.71. The summed E-state index contributed by atoms with van der Waals surface area (Å²) in [6.45, 7) is 1.59. The summed E-state index contributed by atoms with van der Waals surface area (Å²) in [4.78, 5) is 14.6. The van der Waals surface area contributed by atoms with Crippen molar-refractivity contribution < 1.29 is 13.9 Å². The number of nitriles is 1. The molecular formula is C18H17ClN2O3. The van der Waals surface area contributed by atoms with Gasteiger partial charge in [0.05, 0.1) is 29.5 Å². The SMILES string of the molecule is N#Cc1ccc(C(=O)N(Cc2ccco2)C[C@H]2CCCO2)cc1Cl. The minimum Gasteiger partial charge on any atom is -0.467 e. The van der Waals surface area contributed by atoms with E-state index in [4.69, 9.17) is 26.0 Å². The van der Waals surface area contributed by atoms with Crippen LogP contribution in [0.25, 0.3) is 0 Å². The number of ether oxygens (including phenoxy) is 1. The molecule has 1 aliphatic rings. The largest absolute Gasteiger partial charge is 0.467 e. The van der Waals surface area contributed by atoms with E-state index in [0.29, 0.717) is 30.0 Å². The zero-order chi connectivity index (χ0) is 16.9. The van der Waals surface area contributed by atoms with Gasteiger partial charge in [0.1, 0.15) is 11.8 Å². The number of amides is 1. The molecule has 0 spiro atoms. The Bertz CT molecular complexity index is 746. The molecule has 0 radical (unpaired) electrons. The van der Waals surface area contributed by atoms with E-state index in [2.05, 4.69) is 0 Å². The number of nitrogens with zero attached hydrogens (tertiary/aromatic N) is 2. The summed E-state index contributed by atoms with van der Waals surface area (Å²) in [6, 6.07) is 10.3. The lowest BCUT2D eigenvalue weighted by Crippen LogP contribution is -2.36. The van der Waals surface area contributed by atoms with Gasteiger partial charge in [-0.1, -0.05) is 11.6 Å². The lowest BCUT2D eigenvalue weighted by Gasteiger charge is -2.25. The molecule has 0 bridgehead atoms. The first-order valence-electron chi connectivity index (χ1n) is 7.80. The first kappa shape index (κ1) is 16.6. The van der Waals surface area contributed by atoms with Crippen LogP contribution in [0.1, 0.15) is 34.5 Å². The summed E-state index contributed by atoms with van der Waals surface area (Å²) in [7, 11) is 0. The first-order valence-corrected chi connectivity index (χ1v) is 8.18. The third-order valence-electron chi connectivity index (χ3n) is 4.00. The Morgan fingerprint density at radius 1 is 1.42 bits per heavy atom. The lowest BCUT2D eigenvalue weighted by atomic mass is 10.1. The zero-order valence-corrected chi connectivity index (χ0v) is 13.8. The van der Waals surface area contributed by atoms with Gasteiger partial charge < -0.3 is 14.1 Å². The van der Waals surface area contributed by atoms with Crippen molar-refractivity contribution in [2.75, 3.05) is 13.2 Å². The van der Waals surface area contributed by atoms with Crippen molar-refractivity contribution in [3.63, 3.8) is 0 Å². The standard InChI is InChI=1S/C18H17ClN2O3/c19-17-9-13(5-6-14(17)10-20)18(22)21(11-15-3-1-7-23-15)12-16-4-2-8-24-16/h1,3,5-7,9,16H,2,4,8,11-12H2/t16-/m1/s1. The second kappa shape index (κ2) is 7.52. The van der Waals surface area contributed by atoms with E-state index in [1.165, 1.54) is 6.07 Å². The molecule has 1 saturated heterocycles. The molecule has 1 amide bonds. The molecule has 2 heterocycles. The van der Waals surface area contributed by atoms with Gasteiger partial charge in [0.25, 0.3) is 5.91 Å². The van der Waals surface area contributed by atoms with E-state index < -0.39 is 0 Å². The molecule has 24 heavy (non-hydrogen) atoms. The van der Waals surface area contributed by atoms with Gasteiger partial charge >= 0.3 is 0 Å². The van der Waals surface area contributed by atoms with Crippen molar-refractivity contribution >= 4 is 17.5 Å². The Labute approximate surface area is 145 Å². The van der Waals surface area contributed by atoms with Crippen LogP contribution in [0.3, 0.4) is 0 Å². The molecule has 3 rings (SSSR count). The zero-order valence-electron chi connectivity index (χ0n) is 13.1. The molecule has 6 heteroatoms. The van der Waals surface area contributed by atoms with E-state index in [-0.39, 0.29) is 17.0 Å². The molecule has 1 aromatic carbocycles. The van der Waals surface area contributed by atoms with Crippen LogP contribution in [0.15, 0.2) is 41.0 Å². The molecule has 1 atom stereocenters. The van der Waals surface area contributed by atoms with Crippen LogP contribution in [-0.2, 0) is 11.3 Å². The number of benzene rings is 1.